The lowest BCUT2D eigenvalue weighted by Crippen LogP contribution is -2.22. The molecule has 2 aromatic rings. The maximum Gasteiger partial charge on any atom is 0.305 e. The first-order valence-electron chi connectivity index (χ1n) is 10.2. The summed E-state index contributed by atoms with van der Waals surface area (Å²) in [6.45, 7) is 7.41. The smallest absolute Gasteiger partial charge is 0.305 e. The Morgan fingerprint density at radius 3 is 2.45 bits per heavy atom. The molecule has 1 N–H and O–H groups in total. The third kappa shape index (κ3) is 8.58. The fraction of sp³-hybridized carbons (Fsp3) is 0.360. The van der Waals surface area contributed by atoms with Gasteiger partial charge < -0.3 is 14.8 Å². The molecule has 0 spiro atoms. The van der Waals surface area contributed by atoms with E-state index in [1.165, 1.54) is 18.7 Å². The molecule has 0 aliphatic heterocycles. The molecule has 0 unspecified atom stereocenters. The molecule has 166 valence electrons. The quantitative estimate of drug-likeness (QED) is 0.291. The zero-order valence-corrected chi connectivity index (χ0v) is 20.1. The summed E-state index contributed by atoms with van der Waals surface area (Å²) in [5.74, 6) is 0.181. The van der Waals surface area contributed by atoms with Crippen molar-refractivity contribution in [3.63, 3.8) is 0 Å². The Hall–Kier alpha value is -2.60. The van der Waals surface area contributed by atoms with Gasteiger partial charge in [0.05, 0.1) is 7.11 Å². The number of esters is 1. The lowest BCUT2D eigenvalue weighted by molar-refractivity contribution is -0.140. The van der Waals surface area contributed by atoms with Crippen LogP contribution >= 0.6 is 15.9 Å². The molecular formula is C25H30BrNO4. The van der Waals surface area contributed by atoms with Crippen LogP contribution in [0.4, 0.5) is 0 Å². The Bertz CT molecular complexity index is 914. The molecule has 5 nitrogen and oxygen atoms in total. The monoisotopic (exact) mass is 487 g/mol. The molecule has 0 saturated carbocycles. The largest absolute Gasteiger partial charge is 0.488 e. The zero-order valence-electron chi connectivity index (χ0n) is 18.5. The normalized spacial score (nSPS) is 11.4. The molecule has 0 saturated heterocycles. The minimum atomic E-state index is -0.284. The van der Waals surface area contributed by atoms with Crippen molar-refractivity contribution in [2.24, 2.45) is 0 Å². The van der Waals surface area contributed by atoms with Crippen LogP contribution in [0.3, 0.4) is 0 Å². The number of nitrogens with one attached hydrogen (secondary N) is 1. The second kappa shape index (κ2) is 11.7. The van der Waals surface area contributed by atoms with Crippen LogP contribution in [0.1, 0.15) is 50.3 Å². The number of hydrogen-bond acceptors (Lipinski definition) is 4. The van der Waals surface area contributed by atoms with E-state index < -0.39 is 0 Å². The van der Waals surface area contributed by atoms with E-state index in [1.807, 2.05) is 18.2 Å². The average Bonchev–Trinajstić information content (AvgIpc) is 2.74. The summed E-state index contributed by atoms with van der Waals surface area (Å²) in [6, 6.07) is 14.1. The summed E-state index contributed by atoms with van der Waals surface area (Å²) < 4.78 is 11.5. The number of carbonyl (C=O) groups excluding carboxylic acids is 2. The fourth-order valence-electron chi connectivity index (χ4n) is 2.81. The highest BCUT2D eigenvalue weighted by molar-refractivity contribution is 9.10. The van der Waals surface area contributed by atoms with E-state index >= 15 is 0 Å². The highest BCUT2D eigenvalue weighted by atomic mass is 79.9. The van der Waals surface area contributed by atoms with Crippen LogP contribution < -0.4 is 10.1 Å². The first kappa shape index (κ1) is 24.7. The molecule has 2 rings (SSSR count). The second-order valence-electron chi connectivity index (χ2n) is 8.22. The highest BCUT2D eigenvalue weighted by Gasteiger charge is 2.13. The number of ether oxygens (including phenoxy) is 2. The van der Waals surface area contributed by atoms with Crippen LogP contribution in [-0.4, -0.2) is 25.5 Å². The number of halogens is 1. The Balaban J connectivity index is 1.96. The van der Waals surface area contributed by atoms with Crippen molar-refractivity contribution >= 4 is 33.9 Å². The molecule has 2 aromatic carbocycles. The summed E-state index contributed by atoms with van der Waals surface area (Å²) in [7, 11) is 1.35. The Labute approximate surface area is 193 Å². The molecule has 0 aliphatic carbocycles. The number of rotatable bonds is 9. The van der Waals surface area contributed by atoms with E-state index in [-0.39, 0.29) is 23.7 Å². The Morgan fingerprint density at radius 2 is 1.81 bits per heavy atom. The predicted molar refractivity (Wildman–Crippen MR) is 127 cm³/mol. The number of carbonyl (C=O) groups is 2. The van der Waals surface area contributed by atoms with E-state index in [1.54, 1.807) is 6.08 Å². The van der Waals surface area contributed by atoms with Crippen molar-refractivity contribution in [3.8, 4) is 5.75 Å². The summed E-state index contributed by atoms with van der Waals surface area (Å²) in [4.78, 5) is 23.1. The van der Waals surface area contributed by atoms with Gasteiger partial charge in [-0.05, 0) is 47.2 Å². The zero-order chi connectivity index (χ0) is 22.9. The number of methoxy groups -OCH3 is 1. The first-order valence-corrected chi connectivity index (χ1v) is 11.0. The molecule has 0 fully saturated rings. The number of hydrogen-bond donors (Lipinski definition) is 1. The van der Waals surface area contributed by atoms with Gasteiger partial charge in [-0.25, -0.2) is 0 Å². The molecule has 0 aliphatic rings. The predicted octanol–water partition coefficient (Wildman–Crippen LogP) is 5.41. The fourth-order valence-corrected chi connectivity index (χ4v) is 3.19. The van der Waals surface area contributed by atoms with Crippen molar-refractivity contribution in [3.05, 3.63) is 69.7 Å². The van der Waals surface area contributed by atoms with Crippen LogP contribution in [0.5, 0.6) is 5.75 Å². The third-order valence-corrected chi connectivity index (χ3v) is 5.18. The van der Waals surface area contributed by atoms with E-state index in [0.717, 1.165) is 15.6 Å². The number of amides is 1. The van der Waals surface area contributed by atoms with Crippen LogP contribution in [0.25, 0.3) is 6.08 Å². The molecule has 1 amide bonds. The van der Waals surface area contributed by atoms with Crippen LogP contribution in [0.2, 0.25) is 0 Å². The van der Waals surface area contributed by atoms with E-state index in [4.69, 9.17) is 4.74 Å². The topological polar surface area (TPSA) is 64.6 Å². The van der Waals surface area contributed by atoms with E-state index in [9.17, 15) is 9.59 Å². The van der Waals surface area contributed by atoms with Crippen molar-refractivity contribution in [2.45, 2.75) is 45.6 Å². The molecule has 6 heteroatoms. The SMILES string of the molecule is COC(=O)CCCNC(=O)/C=C/c1cc(Br)ccc1OCc1ccc(C(C)(C)C)cc1. The van der Waals surface area contributed by atoms with Gasteiger partial charge >= 0.3 is 5.97 Å². The molecule has 0 aromatic heterocycles. The molecule has 0 bridgehead atoms. The van der Waals surface area contributed by atoms with Gasteiger partial charge in [-0.2, -0.15) is 0 Å². The lowest BCUT2D eigenvalue weighted by Gasteiger charge is -2.19. The van der Waals surface area contributed by atoms with E-state index in [0.29, 0.717) is 25.3 Å². The number of benzene rings is 2. The van der Waals surface area contributed by atoms with Gasteiger partial charge in [0.25, 0.3) is 0 Å². The molecule has 0 heterocycles. The summed E-state index contributed by atoms with van der Waals surface area (Å²) in [5.41, 5.74) is 3.27. The molecule has 31 heavy (non-hydrogen) atoms. The van der Waals surface area contributed by atoms with Gasteiger partial charge in [-0.1, -0.05) is 61.0 Å². The third-order valence-electron chi connectivity index (χ3n) is 4.68. The Kier molecular flexibility index (Phi) is 9.31. The van der Waals surface area contributed by atoms with Gasteiger partial charge in [0.1, 0.15) is 12.4 Å². The summed E-state index contributed by atoms with van der Waals surface area (Å²) in [6.07, 6.45) is 4.00. The highest BCUT2D eigenvalue weighted by Crippen LogP contribution is 2.26. The maximum absolute atomic E-state index is 12.1. The lowest BCUT2D eigenvalue weighted by atomic mass is 9.87. The van der Waals surface area contributed by atoms with Crippen molar-refractivity contribution in [1.82, 2.24) is 5.32 Å². The van der Waals surface area contributed by atoms with Crippen LogP contribution in [-0.2, 0) is 26.3 Å². The maximum atomic E-state index is 12.1. The molecular weight excluding hydrogens is 458 g/mol. The average molecular weight is 488 g/mol. The van der Waals surface area contributed by atoms with Crippen molar-refractivity contribution < 1.29 is 19.1 Å². The summed E-state index contributed by atoms with van der Waals surface area (Å²) >= 11 is 3.46. The first-order chi connectivity index (χ1) is 14.7. The Morgan fingerprint density at radius 1 is 1.10 bits per heavy atom. The van der Waals surface area contributed by atoms with Gasteiger partial charge in [0, 0.05) is 29.1 Å². The second-order valence-corrected chi connectivity index (χ2v) is 9.14. The van der Waals surface area contributed by atoms with Gasteiger partial charge in [-0.15, -0.1) is 0 Å². The minimum absolute atomic E-state index is 0.114. The van der Waals surface area contributed by atoms with Gasteiger partial charge in [0.2, 0.25) is 5.91 Å². The van der Waals surface area contributed by atoms with Crippen LogP contribution in [0, 0.1) is 0 Å². The molecule has 0 atom stereocenters. The van der Waals surface area contributed by atoms with Crippen LogP contribution in [0.15, 0.2) is 53.0 Å². The van der Waals surface area contributed by atoms with Crippen molar-refractivity contribution in [1.29, 1.82) is 0 Å². The molecule has 0 radical (unpaired) electrons. The minimum Gasteiger partial charge on any atom is -0.488 e. The summed E-state index contributed by atoms with van der Waals surface area (Å²) in [5, 5.41) is 2.76. The standard InChI is InChI=1S/C25H30BrNO4/c1-25(2,3)20-10-7-18(8-11-20)17-31-22-13-12-21(26)16-19(22)9-14-23(28)27-15-5-6-24(29)30-4/h7-14,16H,5-6,15,17H2,1-4H3,(H,27,28)/b14-9+. The van der Waals surface area contributed by atoms with Gasteiger partial charge in [-0.3, -0.25) is 9.59 Å². The van der Waals surface area contributed by atoms with E-state index in [2.05, 4.69) is 71.0 Å². The van der Waals surface area contributed by atoms with Crippen molar-refractivity contribution in [2.75, 3.05) is 13.7 Å². The van der Waals surface area contributed by atoms with Gasteiger partial charge in [0.15, 0.2) is 0 Å².